The number of nitrogens with zero attached hydrogens (tertiary/aromatic N) is 2. The second kappa shape index (κ2) is 4.12. The third-order valence-electron chi connectivity index (χ3n) is 1.75. The van der Waals surface area contributed by atoms with Gasteiger partial charge in [-0.25, -0.2) is 14.8 Å². The number of fused-ring (bicyclic) bond motifs is 1. The lowest BCUT2D eigenvalue weighted by Crippen LogP contribution is -2.07. The van der Waals surface area contributed by atoms with Crippen LogP contribution >= 0.6 is 22.9 Å². The normalized spacial score (nSPS) is 10.5. The van der Waals surface area contributed by atoms with Crippen molar-refractivity contribution in [2.75, 3.05) is 6.61 Å². The Labute approximate surface area is 94.9 Å². The summed E-state index contributed by atoms with van der Waals surface area (Å²) in [5.74, 6) is -0.464. The summed E-state index contributed by atoms with van der Waals surface area (Å²) in [5, 5.41) is 1.89. The van der Waals surface area contributed by atoms with Gasteiger partial charge in [0.1, 0.15) is 0 Å². The van der Waals surface area contributed by atoms with E-state index in [-0.39, 0.29) is 11.0 Å². The number of rotatable bonds is 2. The SMILES string of the molecule is CCOC(=O)c1nc(Cl)nc2ccsc12. The number of hydrogen-bond donors (Lipinski definition) is 0. The molecule has 0 aliphatic rings. The molecular weight excluding hydrogens is 236 g/mol. The number of ether oxygens (including phenoxy) is 1. The lowest BCUT2D eigenvalue weighted by molar-refractivity contribution is 0.0522. The van der Waals surface area contributed by atoms with Crippen LogP contribution in [0.15, 0.2) is 11.4 Å². The first-order valence-electron chi connectivity index (χ1n) is 4.30. The van der Waals surface area contributed by atoms with Crippen molar-refractivity contribution in [3.05, 3.63) is 22.4 Å². The maximum atomic E-state index is 11.5. The molecule has 2 aromatic rings. The highest BCUT2D eigenvalue weighted by molar-refractivity contribution is 7.17. The molecular formula is C9H7ClN2O2S. The Morgan fingerprint density at radius 3 is 3.13 bits per heavy atom. The predicted molar refractivity (Wildman–Crippen MR) is 58.4 cm³/mol. The van der Waals surface area contributed by atoms with Crippen molar-refractivity contribution in [1.29, 1.82) is 0 Å². The van der Waals surface area contributed by atoms with E-state index in [2.05, 4.69) is 9.97 Å². The van der Waals surface area contributed by atoms with Gasteiger partial charge >= 0.3 is 5.97 Å². The largest absolute Gasteiger partial charge is 0.461 e. The third kappa shape index (κ3) is 1.93. The van der Waals surface area contributed by atoms with Crippen LogP contribution in [0, 0.1) is 0 Å². The molecule has 0 atom stereocenters. The lowest BCUT2D eigenvalue weighted by atomic mass is 10.3. The minimum absolute atomic E-state index is 0.0592. The molecule has 15 heavy (non-hydrogen) atoms. The number of halogens is 1. The molecule has 78 valence electrons. The molecule has 6 heteroatoms. The lowest BCUT2D eigenvalue weighted by Gasteiger charge is -2.01. The van der Waals surface area contributed by atoms with Crippen molar-refractivity contribution in [3.63, 3.8) is 0 Å². The summed E-state index contributed by atoms with van der Waals surface area (Å²) >= 11 is 7.09. The topological polar surface area (TPSA) is 52.1 Å². The Morgan fingerprint density at radius 1 is 1.60 bits per heavy atom. The third-order valence-corrected chi connectivity index (χ3v) is 2.82. The molecule has 0 saturated carbocycles. The van der Waals surface area contributed by atoms with Gasteiger partial charge < -0.3 is 4.74 Å². The van der Waals surface area contributed by atoms with Crippen LogP contribution in [0.3, 0.4) is 0 Å². The van der Waals surface area contributed by atoms with E-state index in [9.17, 15) is 4.79 Å². The van der Waals surface area contributed by atoms with Gasteiger partial charge in [0.15, 0.2) is 5.69 Å². The van der Waals surface area contributed by atoms with Crippen molar-refractivity contribution < 1.29 is 9.53 Å². The number of carbonyl (C=O) groups excluding carboxylic acids is 1. The molecule has 0 aliphatic carbocycles. The number of hydrogen-bond acceptors (Lipinski definition) is 5. The number of esters is 1. The zero-order valence-electron chi connectivity index (χ0n) is 7.86. The zero-order valence-corrected chi connectivity index (χ0v) is 9.43. The quantitative estimate of drug-likeness (QED) is 0.600. The van der Waals surface area contributed by atoms with Crippen molar-refractivity contribution in [1.82, 2.24) is 9.97 Å². The summed E-state index contributed by atoms with van der Waals surface area (Å²) in [6.07, 6.45) is 0. The van der Waals surface area contributed by atoms with Crippen LogP contribution < -0.4 is 0 Å². The predicted octanol–water partition coefficient (Wildman–Crippen LogP) is 2.52. The van der Waals surface area contributed by atoms with Crippen LogP contribution in [0.2, 0.25) is 5.28 Å². The van der Waals surface area contributed by atoms with E-state index in [1.807, 2.05) is 5.38 Å². The summed E-state index contributed by atoms with van der Waals surface area (Å²) in [4.78, 5) is 19.4. The van der Waals surface area contributed by atoms with E-state index in [0.717, 1.165) is 0 Å². The second-order valence-electron chi connectivity index (χ2n) is 2.70. The summed E-state index contributed by atoms with van der Waals surface area (Å²) in [5.41, 5.74) is 0.907. The fraction of sp³-hybridized carbons (Fsp3) is 0.222. The minimum Gasteiger partial charge on any atom is -0.461 e. The number of aromatic nitrogens is 2. The molecule has 0 fully saturated rings. The average Bonchev–Trinajstić information content (AvgIpc) is 2.64. The van der Waals surface area contributed by atoms with Gasteiger partial charge in [0.2, 0.25) is 5.28 Å². The summed E-state index contributed by atoms with van der Waals surface area (Å²) in [7, 11) is 0. The van der Waals surface area contributed by atoms with Gasteiger partial charge in [-0.05, 0) is 30.0 Å². The molecule has 0 aromatic carbocycles. The van der Waals surface area contributed by atoms with Crippen LogP contribution in [0.25, 0.3) is 10.2 Å². The molecule has 0 aliphatic heterocycles. The maximum Gasteiger partial charge on any atom is 0.358 e. The summed E-state index contributed by atoms with van der Waals surface area (Å²) < 4.78 is 5.59. The average molecular weight is 243 g/mol. The highest BCUT2D eigenvalue weighted by Gasteiger charge is 2.16. The summed E-state index contributed by atoms with van der Waals surface area (Å²) in [6, 6.07) is 1.79. The maximum absolute atomic E-state index is 11.5. The first kappa shape index (κ1) is 10.3. The Bertz CT molecular complexity index is 512. The molecule has 2 aromatic heterocycles. The summed E-state index contributed by atoms with van der Waals surface area (Å²) in [6.45, 7) is 2.06. The molecule has 0 amide bonds. The van der Waals surface area contributed by atoms with Crippen LogP contribution in [-0.4, -0.2) is 22.5 Å². The van der Waals surface area contributed by atoms with Crippen molar-refractivity contribution in [3.8, 4) is 0 Å². The minimum atomic E-state index is -0.464. The molecule has 0 saturated heterocycles. The van der Waals surface area contributed by atoms with Gasteiger partial charge in [0, 0.05) is 0 Å². The van der Waals surface area contributed by atoms with E-state index in [1.54, 1.807) is 13.0 Å². The van der Waals surface area contributed by atoms with E-state index in [0.29, 0.717) is 16.8 Å². The highest BCUT2D eigenvalue weighted by Crippen LogP contribution is 2.23. The van der Waals surface area contributed by atoms with E-state index in [1.165, 1.54) is 11.3 Å². The zero-order chi connectivity index (χ0) is 10.8. The van der Waals surface area contributed by atoms with E-state index < -0.39 is 5.97 Å². The van der Waals surface area contributed by atoms with Gasteiger partial charge in [0.25, 0.3) is 0 Å². The fourth-order valence-corrected chi connectivity index (χ4v) is 2.16. The molecule has 0 N–H and O–H groups in total. The molecule has 0 unspecified atom stereocenters. The van der Waals surface area contributed by atoms with Crippen molar-refractivity contribution >= 4 is 39.1 Å². The van der Waals surface area contributed by atoms with Gasteiger partial charge in [0.05, 0.1) is 16.8 Å². The Kier molecular flexibility index (Phi) is 2.83. The van der Waals surface area contributed by atoms with Gasteiger partial charge in [-0.1, -0.05) is 0 Å². The molecule has 0 bridgehead atoms. The smallest absolute Gasteiger partial charge is 0.358 e. The second-order valence-corrected chi connectivity index (χ2v) is 3.95. The van der Waals surface area contributed by atoms with Crippen LogP contribution in [0.5, 0.6) is 0 Å². The van der Waals surface area contributed by atoms with Crippen LogP contribution in [0.4, 0.5) is 0 Å². The van der Waals surface area contributed by atoms with Crippen LogP contribution in [0.1, 0.15) is 17.4 Å². The standard InChI is InChI=1S/C9H7ClN2O2S/c1-2-14-8(13)6-7-5(3-4-15-7)11-9(10)12-6/h3-4H,2H2,1H3. The van der Waals surface area contributed by atoms with E-state index >= 15 is 0 Å². The van der Waals surface area contributed by atoms with Crippen LogP contribution in [-0.2, 0) is 4.74 Å². The molecule has 4 nitrogen and oxygen atoms in total. The Hall–Kier alpha value is -1.20. The first-order valence-corrected chi connectivity index (χ1v) is 5.56. The fourth-order valence-electron chi connectivity index (χ4n) is 1.17. The van der Waals surface area contributed by atoms with Crippen molar-refractivity contribution in [2.24, 2.45) is 0 Å². The monoisotopic (exact) mass is 242 g/mol. The number of thiophene rings is 1. The van der Waals surface area contributed by atoms with Crippen molar-refractivity contribution in [2.45, 2.75) is 6.92 Å². The first-order chi connectivity index (χ1) is 7.22. The van der Waals surface area contributed by atoms with Gasteiger partial charge in [-0.2, -0.15) is 0 Å². The molecule has 2 rings (SSSR count). The molecule has 2 heterocycles. The van der Waals surface area contributed by atoms with E-state index in [4.69, 9.17) is 16.3 Å². The Balaban J connectivity index is 2.57. The molecule has 0 spiro atoms. The van der Waals surface area contributed by atoms with Gasteiger partial charge in [-0.15, -0.1) is 11.3 Å². The highest BCUT2D eigenvalue weighted by atomic mass is 35.5. The number of carbonyl (C=O) groups is 1. The molecule has 0 radical (unpaired) electrons. The Morgan fingerprint density at radius 2 is 2.40 bits per heavy atom. The van der Waals surface area contributed by atoms with Gasteiger partial charge in [-0.3, -0.25) is 0 Å².